The minimum Gasteiger partial charge on any atom is -0.348 e. The third-order valence-corrected chi connectivity index (χ3v) is 3.21. The highest BCUT2D eigenvalue weighted by atomic mass is 79.9. The van der Waals surface area contributed by atoms with Crippen LogP contribution in [0.4, 0.5) is 5.13 Å². The van der Waals surface area contributed by atoms with E-state index in [0.29, 0.717) is 0 Å². The third kappa shape index (κ3) is 2.95. The van der Waals surface area contributed by atoms with Crippen LogP contribution in [0.2, 0.25) is 0 Å². The van der Waals surface area contributed by atoms with Crippen molar-refractivity contribution in [3.05, 3.63) is 11.1 Å². The minimum atomic E-state index is 1.00. The van der Waals surface area contributed by atoms with Gasteiger partial charge >= 0.3 is 0 Å². The van der Waals surface area contributed by atoms with Gasteiger partial charge in [0.15, 0.2) is 5.13 Å². The molecule has 1 heterocycles. The van der Waals surface area contributed by atoms with Crippen molar-refractivity contribution in [2.24, 2.45) is 0 Å². The predicted molar refractivity (Wildman–Crippen MR) is 63.2 cm³/mol. The molecule has 0 saturated carbocycles. The van der Waals surface area contributed by atoms with Crippen LogP contribution in [-0.2, 0) is 6.42 Å². The van der Waals surface area contributed by atoms with E-state index in [-0.39, 0.29) is 0 Å². The average molecular weight is 263 g/mol. The lowest BCUT2D eigenvalue weighted by Gasteiger charge is -2.17. The summed E-state index contributed by atoms with van der Waals surface area (Å²) >= 11 is 5.19. The fourth-order valence-electron chi connectivity index (χ4n) is 1.09. The van der Waals surface area contributed by atoms with Crippen molar-refractivity contribution in [2.75, 3.05) is 23.3 Å². The van der Waals surface area contributed by atoms with Gasteiger partial charge in [0, 0.05) is 23.8 Å². The van der Waals surface area contributed by atoms with Crippen LogP contribution in [0.25, 0.3) is 0 Å². The zero-order valence-electron chi connectivity index (χ0n) is 8.09. The molecule has 0 aliphatic rings. The zero-order valence-corrected chi connectivity index (χ0v) is 10.5. The largest absolute Gasteiger partial charge is 0.348 e. The topological polar surface area (TPSA) is 16.1 Å². The summed E-state index contributed by atoms with van der Waals surface area (Å²) in [7, 11) is 0. The van der Waals surface area contributed by atoms with Crippen LogP contribution < -0.4 is 4.90 Å². The van der Waals surface area contributed by atoms with Gasteiger partial charge in [0.25, 0.3) is 0 Å². The normalized spacial score (nSPS) is 10.4. The lowest BCUT2D eigenvalue weighted by atomic mass is 10.4. The van der Waals surface area contributed by atoms with E-state index >= 15 is 0 Å². The van der Waals surface area contributed by atoms with Crippen LogP contribution in [0.1, 0.15) is 19.5 Å². The first-order valence-electron chi connectivity index (χ1n) is 4.57. The Labute approximate surface area is 92.1 Å². The fourth-order valence-corrected chi connectivity index (χ4v) is 2.52. The fraction of sp³-hybridized carbons (Fsp3) is 0.667. The third-order valence-electron chi connectivity index (χ3n) is 1.91. The van der Waals surface area contributed by atoms with Gasteiger partial charge in [-0.3, -0.25) is 0 Å². The van der Waals surface area contributed by atoms with Gasteiger partial charge in [-0.05, 0) is 13.3 Å². The summed E-state index contributed by atoms with van der Waals surface area (Å²) in [6.07, 6.45) is 1.03. The first-order chi connectivity index (χ1) is 6.31. The predicted octanol–water partition coefficient (Wildman–Crippen LogP) is 2.93. The molecule has 0 atom stereocenters. The van der Waals surface area contributed by atoms with Crippen LogP contribution in [-0.4, -0.2) is 23.4 Å². The second-order valence-electron chi connectivity index (χ2n) is 2.74. The molecule has 74 valence electrons. The van der Waals surface area contributed by atoms with E-state index in [2.05, 4.69) is 45.0 Å². The second kappa shape index (κ2) is 5.60. The summed E-state index contributed by atoms with van der Waals surface area (Å²) in [6.45, 7) is 6.37. The Morgan fingerprint density at radius 1 is 1.54 bits per heavy atom. The average Bonchev–Trinajstić information content (AvgIpc) is 2.62. The van der Waals surface area contributed by atoms with Crippen molar-refractivity contribution in [2.45, 2.75) is 20.3 Å². The van der Waals surface area contributed by atoms with Gasteiger partial charge in [-0.2, -0.15) is 0 Å². The number of rotatable bonds is 5. The molecule has 0 aromatic carbocycles. The van der Waals surface area contributed by atoms with E-state index in [1.165, 1.54) is 5.69 Å². The molecule has 1 rings (SSSR count). The number of anilines is 1. The number of aryl methyl sites for hydroxylation is 1. The summed E-state index contributed by atoms with van der Waals surface area (Å²) < 4.78 is 0. The van der Waals surface area contributed by atoms with Crippen LogP contribution in [0.15, 0.2) is 5.38 Å². The SMILES string of the molecule is CCc1csc(N(CC)CCBr)n1. The summed E-state index contributed by atoms with van der Waals surface area (Å²) in [5, 5.41) is 4.30. The maximum atomic E-state index is 4.54. The van der Waals surface area contributed by atoms with Gasteiger partial charge < -0.3 is 4.90 Å². The summed E-state index contributed by atoms with van der Waals surface area (Å²) in [4.78, 5) is 6.83. The van der Waals surface area contributed by atoms with E-state index in [9.17, 15) is 0 Å². The Kier molecular flexibility index (Phi) is 4.73. The molecule has 0 saturated heterocycles. The highest BCUT2D eigenvalue weighted by Crippen LogP contribution is 2.20. The highest BCUT2D eigenvalue weighted by molar-refractivity contribution is 9.09. The molecule has 0 spiro atoms. The molecule has 1 aromatic rings. The van der Waals surface area contributed by atoms with E-state index in [4.69, 9.17) is 0 Å². The first-order valence-corrected chi connectivity index (χ1v) is 6.57. The number of hydrogen-bond donors (Lipinski definition) is 0. The Balaban J connectivity index is 2.67. The van der Waals surface area contributed by atoms with Gasteiger partial charge in [-0.25, -0.2) is 4.98 Å². The van der Waals surface area contributed by atoms with Gasteiger partial charge in [0.05, 0.1) is 5.69 Å². The van der Waals surface area contributed by atoms with Crippen molar-refractivity contribution < 1.29 is 0 Å². The Morgan fingerprint density at radius 3 is 2.77 bits per heavy atom. The van der Waals surface area contributed by atoms with E-state index in [0.717, 1.165) is 30.0 Å². The number of aromatic nitrogens is 1. The lowest BCUT2D eigenvalue weighted by Crippen LogP contribution is -2.24. The first kappa shape index (κ1) is 11.0. The standard InChI is InChI=1S/C9H15BrN2S/c1-3-8-7-13-9(11-8)12(4-2)6-5-10/h7H,3-6H2,1-2H3. The molecule has 0 fully saturated rings. The molecule has 13 heavy (non-hydrogen) atoms. The highest BCUT2D eigenvalue weighted by Gasteiger charge is 2.07. The molecule has 0 unspecified atom stereocenters. The summed E-state index contributed by atoms with van der Waals surface area (Å²) in [6, 6.07) is 0. The minimum absolute atomic E-state index is 1.00. The molecule has 0 N–H and O–H groups in total. The number of thiazole rings is 1. The van der Waals surface area contributed by atoms with Crippen molar-refractivity contribution in [1.29, 1.82) is 0 Å². The van der Waals surface area contributed by atoms with Gasteiger partial charge in [0.1, 0.15) is 0 Å². The molecule has 1 aromatic heterocycles. The zero-order chi connectivity index (χ0) is 9.68. The van der Waals surface area contributed by atoms with Crippen LogP contribution in [0, 0.1) is 0 Å². The molecule has 0 radical (unpaired) electrons. The summed E-state index contributed by atoms with van der Waals surface area (Å²) in [5.74, 6) is 0. The van der Waals surface area contributed by atoms with Crippen LogP contribution in [0.3, 0.4) is 0 Å². The molecular weight excluding hydrogens is 248 g/mol. The van der Waals surface area contributed by atoms with Gasteiger partial charge in [-0.1, -0.05) is 22.9 Å². The molecule has 2 nitrogen and oxygen atoms in total. The van der Waals surface area contributed by atoms with Gasteiger partial charge in [0.2, 0.25) is 0 Å². The number of halogens is 1. The smallest absolute Gasteiger partial charge is 0.185 e. The van der Waals surface area contributed by atoms with E-state index in [1.54, 1.807) is 11.3 Å². The Hall–Kier alpha value is -0.0900. The van der Waals surface area contributed by atoms with Crippen molar-refractivity contribution in [3.63, 3.8) is 0 Å². The van der Waals surface area contributed by atoms with Crippen molar-refractivity contribution >= 4 is 32.4 Å². The molecule has 0 bridgehead atoms. The lowest BCUT2D eigenvalue weighted by molar-refractivity contribution is 0.862. The number of hydrogen-bond acceptors (Lipinski definition) is 3. The molecule has 0 aliphatic heterocycles. The number of alkyl halides is 1. The Bertz CT molecular complexity index is 250. The quantitative estimate of drug-likeness (QED) is 0.759. The van der Waals surface area contributed by atoms with Crippen molar-refractivity contribution in [3.8, 4) is 0 Å². The summed E-state index contributed by atoms with van der Waals surface area (Å²) in [5.41, 5.74) is 1.20. The van der Waals surface area contributed by atoms with E-state index in [1.807, 2.05) is 0 Å². The molecule has 0 amide bonds. The van der Waals surface area contributed by atoms with Crippen LogP contribution >= 0.6 is 27.3 Å². The maximum absolute atomic E-state index is 4.54. The monoisotopic (exact) mass is 262 g/mol. The molecule has 4 heteroatoms. The molecular formula is C9H15BrN2S. The van der Waals surface area contributed by atoms with Crippen molar-refractivity contribution in [1.82, 2.24) is 4.98 Å². The van der Waals surface area contributed by atoms with E-state index < -0.39 is 0 Å². The Morgan fingerprint density at radius 2 is 2.31 bits per heavy atom. The maximum Gasteiger partial charge on any atom is 0.185 e. The number of nitrogens with zero attached hydrogens (tertiary/aromatic N) is 2. The van der Waals surface area contributed by atoms with Gasteiger partial charge in [-0.15, -0.1) is 11.3 Å². The molecule has 0 aliphatic carbocycles. The second-order valence-corrected chi connectivity index (χ2v) is 4.37. The van der Waals surface area contributed by atoms with Crippen LogP contribution in [0.5, 0.6) is 0 Å².